The maximum atomic E-state index is 8.01. The Morgan fingerprint density at radius 1 is 1.50 bits per heavy atom. The summed E-state index contributed by atoms with van der Waals surface area (Å²) in [7, 11) is 0. The van der Waals surface area contributed by atoms with E-state index in [4.69, 9.17) is 17.1 Å². The minimum Gasteiger partial charge on any atom is -0.0978 e. The van der Waals surface area contributed by atoms with Gasteiger partial charge in [-0.3, -0.25) is 0 Å². The number of halogens is 1. The third kappa shape index (κ3) is 3.86. The summed E-state index contributed by atoms with van der Waals surface area (Å²) in [6.07, 6.45) is 0.566. The number of rotatable bonds is 2. The zero-order valence-electron chi connectivity index (χ0n) is 7.44. The van der Waals surface area contributed by atoms with Crippen molar-refractivity contribution in [1.82, 2.24) is 0 Å². The fourth-order valence-electron chi connectivity index (χ4n) is 0.881. The zero-order chi connectivity index (χ0) is 10.2. The summed E-state index contributed by atoms with van der Waals surface area (Å²) in [4.78, 5) is 2.63. The van der Waals surface area contributed by atoms with Crippen LogP contribution in [0.25, 0.3) is 10.4 Å². The average Bonchev–Trinajstić information content (AvgIpc) is 2.18. The molecule has 4 heteroatoms. The van der Waals surface area contributed by atoms with Gasteiger partial charge >= 0.3 is 0 Å². The predicted octanol–water partition coefficient (Wildman–Crippen LogP) is 3.39. The second-order valence-corrected chi connectivity index (χ2v) is 2.95. The highest BCUT2D eigenvalue weighted by Gasteiger charge is 1.87. The lowest BCUT2D eigenvalue weighted by molar-refractivity contribution is 1.01. The van der Waals surface area contributed by atoms with Gasteiger partial charge < -0.3 is 0 Å². The number of nitrogens with zero attached hydrogens (tertiary/aromatic N) is 3. The van der Waals surface area contributed by atoms with E-state index in [0.717, 1.165) is 5.56 Å². The highest BCUT2D eigenvalue weighted by Crippen LogP contribution is 2.09. The largest absolute Gasteiger partial charge is 0.0978 e. The number of hydrogen-bond acceptors (Lipinski definition) is 1. The van der Waals surface area contributed by atoms with E-state index >= 15 is 0 Å². The second kappa shape index (κ2) is 5.93. The minimum atomic E-state index is 0.407. The van der Waals surface area contributed by atoms with E-state index in [0.29, 0.717) is 18.0 Å². The molecule has 0 amide bonds. The van der Waals surface area contributed by atoms with Crippen molar-refractivity contribution in [3.05, 3.63) is 45.3 Å². The van der Waals surface area contributed by atoms with Gasteiger partial charge in [0.15, 0.2) is 0 Å². The van der Waals surface area contributed by atoms with Crippen molar-refractivity contribution in [3.63, 3.8) is 0 Å². The monoisotopic (exact) mass is 205 g/mol. The molecule has 0 saturated carbocycles. The molecule has 0 fully saturated rings. The van der Waals surface area contributed by atoms with Gasteiger partial charge in [-0.25, -0.2) is 0 Å². The van der Waals surface area contributed by atoms with Gasteiger partial charge in [0.1, 0.15) is 0 Å². The first-order valence-corrected chi connectivity index (χ1v) is 4.46. The molecule has 0 N–H and O–H groups in total. The summed E-state index contributed by atoms with van der Waals surface area (Å²) in [5, 5.41) is 4.05. The molecule has 14 heavy (non-hydrogen) atoms. The Bertz CT molecular complexity index is 411. The van der Waals surface area contributed by atoms with Crippen LogP contribution in [0.3, 0.4) is 0 Å². The van der Waals surface area contributed by atoms with Crippen LogP contribution in [0.2, 0.25) is 5.02 Å². The van der Waals surface area contributed by atoms with Crippen LogP contribution < -0.4 is 0 Å². The molecule has 0 bridgehead atoms. The molecule has 0 spiro atoms. The molecule has 3 nitrogen and oxygen atoms in total. The Labute approximate surface area is 87.3 Å². The Balaban J connectivity index is 2.54. The Kier molecular flexibility index (Phi) is 4.43. The maximum absolute atomic E-state index is 8.01. The normalized spacial score (nSPS) is 8.36. The number of azide groups is 1. The molecule has 0 aliphatic heterocycles. The SMILES string of the molecule is [N-]=[N+]=NCCC#Cc1cccc(Cl)c1. The van der Waals surface area contributed by atoms with Crippen LogP contribution in [-0.2, 0) is 0 Å². The van der Waals surface area contributed by atoms with Crippen molar-refractivity contribution in [2.75, 3.05) is 6.54 Å². The molecule has 0 saturated heterocycles. The van der Waals surface area contributed by atoms with E-state index in [2.05, 4.69) is 21.9 Å². The second-order valence-electron chi connectivity index (χ2n) is 2.52. The predicted molar refractivity (Wildman–Crippen MR) is 57.0 cm³/mol. The first-order valence-electron chi connectivity index (χ1n) is 4.08. The summed E-state index contributed by atoms with van der Waals surface area (Å²) in [5.41, 5.74) is 8.89. The van der Waals surface area contributed by atoms with E-state index in [1.165, 1.54) is 0 Å². The summed E-state index contributed by atoms with van der Waals surface area (Å²) >= 11 is 5.77. The molecular formula is C10H8ClN3. The highest BCUT2D eigenvalue weighted by molar-refractivity contribution is 6.30. The molecule has 1 aromatic rings. The lowest BCUT2D eigenvalue weighted by Crippen LogP contribution is -1.76. The van der Waals surface area contributed by atoms with Gasteiger partial charge in [0.05, 0.1) is 0 Å². The summed E-state index contributed by atoms with van der Waals surface area (Å²) in [6, 6.07) is 7.32. The van der Waals surface area contributed by atoms with Gasteiger partial charge in [-0.1, -0.05) is 34.6 Å². The topological polar surface area (TPSA) is 48.8 Å². The number of hydrogen-bond donors (Lipinski definition) is 0. The molecule has 0 aliphatic rings. The molecular weight excluding hydrogens is 198 g/mol. The van der Waals surface area contributed by atoms with Gasteiger partial charge in [-0.05, 0) is 23.7 Å². The van der Waals surface area contributed by atoms with Crippen molar-refractivity contribution in [3.8, 4) is 11.8 Å². The Morgan fingerprint density at radius 3 is 3.07 bits per heavy atom. The minimum absolute atomic E-state index is 0.407. The molecule has 1 aromatic carbocycles. The summed E-state index contributed by atoms with van der Waals surface area (Å²) < 4.78 is 0. The first-order chi connectivity index (χ1) is 6.83. The van der Waals surface area contributed by atoms with E-state index < -0.39 is 0 Å². The number of benzene rings is 1. The highest BCUT2D eigenvalue weighted by atomic mass is 35.5. The van der Waals surface area contributed by atoms with Crippen molar-refractivity contribution >= 4 is 11.6 Å². The quantitative estimate of drug-likeness (QED) is 0.234. The van der Waals surface area contributed by atoms with Crippen molar-refractivity contribution in [1.29, 1.82) is 0 Å². The third-order valence-corrected chi connectivity index (χ3v) is 1.69. The fraction of sp³-hybridized carbons (Fsp3) is 0.200. The summed E-state index contributed by atoms with van der Waals surface area (Å²) in [5.74, 6) is 5.82. The van der Waals surface area contributed by atoms with Crippen LogP contribution in [0.15, 0.2) is 29.4 Å². The smallest absolute Gasteiger partial charge is 0.0418 e. The van der Waals surface area contributed by atoms with Crippen LogP contribution in [0.4, 0.5) is 0 Å². The van der Waals surface area contributed by atoms with E-state index in [1.807, 2.05) is 12.1 Å². The molecule has 0 radical (unpaired) electrons. The van der Waals surface area contributed by atoms with Gasteiger partial charge in [-0.15, -0.1) is 0 Å². The van der Waals surface area contributed by atoms with Crippen molar-refractivity contribution in [2.45, 2.75) is 6.42 Å². The van der Waals surface area contributed by atoms with Crippen LogP contribution in [0.5, 0.6) is 0 Å². The standard InChI is InChI=1S/C10H8ClN3/c11-10-6-3-5-9(8-10)4-1-2-7-13-14-12/h3,5-6,8H,2,7H2. The van der Waals surface area contributed by atoms with Crippen LogP contribution in [0, 0.1) is 11.8 Å². The summed E-state index contributed by atoms with van der Waals surface area (Å²) in [6.45, 7) is 0.407. The van der Waals surface area contributed by atoms with E-state index in [-0.39, 0.29) is 0 Å². The molecule has 0 aromatic heterocycles. The third-order valence-electron chi connectivity index (χ3n) is 1.46. The molecule has 0 atom stereocenters. The van der Waals surface area contributed by atoms with Crippen LogP contribution in [-0.4, -0.2) is 6.54 Å². The Morgan fingerprint density at radius 2 is 2.36 bits per heavy atom. The lowest BCUT2D eigenvalue weighted by Gasteiger charge is -1.89. The maximum Gasteiger partial charge on any atom is 0.0418 e. The van der Waals surface area contributed by atoms with Crippen LogP contribution >= 0.6 is 11.6 Å². The zero-order valence-corrected chi connectivity index (χ0v) is 8.20. The van der Waals surface area contributed by atoms with E-state index in [1.54, 1.807) is 12.1 Å². The van der Waals surface area contributed by atoms with Crippen molar-refractivity contribution < 1.29 is 0 Å². The van der Waals surface area contributed by atoms with Crippen molar-refractivity contribution in [2.24, 2.45) is 5.11 Å². The Hall–Kier alpha value is -1.62. The molecule has 70 valence electrons. The van der Waals surface area contributed by atoms with Gasteiger partial charge in [0.25, 0.3) is 0 Å². The molecule has 1 rings (SSSR count). The molecule has 0 aliphatic carbocycles. The fourth-order valence-corrected chi connectivity index (χ4v) is 1.07. The van der Waals surface area contributed by atoms with Crippen LogP contribution in [0.1, 0.15) is 12.0 Å². The lowest BCUT2D eigenvalue weighted by atomic mass is 10.2. The molecule has 0 unspecified atom stereocenters. The van der Waals surface area contributed by atoms with Gasteiger partial charge in [0.2, 0.25) is 0 Å². The molecule has 0 heterocycles. The van der Waals surface area contributed by atoms with Gasteiger partial charge in [0, 0.05) is 28.5 Å². The van der Waals surface area contributed by atoms with Gasteiger partial charge in [-0.2, -0.15) is 0 Å². The first kappa shape index (κ1) is 10.5. The average molecular weight is 206 g/mol. The van der Waals surface area contributed by atoms with E-state index in [9.17, 15) is 0 Å².